The number of methoxy groups -OCH3 is 1. The van der Waals surface area contributed by atoms with Crippen LogP contribution < -0.4 is 10.1 Å². The number of nitrogens with zero attached hydrogens (tertiary/aromatic N) is 2. The van der Waals surface area contributed by atoms with Gasteiger partial charge in [-0.3, -0.25) is 4.79 Å². The average molecular weight is 317 g/mol. The van der Waals surface area contributed by atoms with E-state index in [-0.39, 0.29) is 11.9 Å². The molecule has 3 fully saturated rings. The number of thiophene rings is 1. The normalized spacial score (nSPS) is 27.0. The van der Waals surface area contributed by atoms with Crippen molar-refractivity contribution in [1.82, 2.24) is 15.2 Å². The Kier molecular flexibility index (Phi) is 3.50. The molecule has 2 aromatic rings. The molecule has 2 aromatic heterocycles. The number of hydrogen-bond acceptors (Lipinski definition) is 5. The first kappa shape index (κ1) is 14.0. The molecular formula is C16H19N3O2S. The van der Waals surface area contributed by atoms with Crippen molar-refractivity contribution in [2.45, 2.75) is 18.9 Å². The van der Waals surface area contributed by atoms with Crippen LogP contribution in [0.4, 0.5) is 0 Å². The lowest BCUT2D eigenvalue weighted by atomic mass is 9.84. The number of amides is 1. The Balaban J connectivity index is 1.57. The Labute approximate surface area is 133 Å². The topological polar surface area (TPSA) is 54.5 Å². The number of rotatable bonds is 3. The molecule has 1 unspecified atom stereocenters. The number of fused-ring (bicyclic) bond motifs is 4. The van der Waals surface area contributed by atoms with Crippen molar-refractivity contribution in [2.75, 3.05) is 26.7 Å². The molecule has 3 aliphatic heterocycles. The van der Waals surface area contributed by atoms with Crippen LogP contribution in [-0.2, 0) is 0 Å². The minimum atomic E-state index is -0.0904. The van der Waals surface area contributed by atoms with Crippen LogP contribution in [0.15, 0.2) is 17.5 Å². The number of nitrogens with one attached hydrogen (secondary N) is 1. The molecule has 3 aliphatic rings. The van der Waals surface area contributed by atoms with Crippen LogP contribution in [-0.4, -0.2) is 48.6 Å². The summed E-state index contributed by atoms with van der Waals surface area (Å²) in [7, 11) is 1.59. The van der Waals surface area contributed by atoms with E-state index < -0.39 is 0 Å². The summed E-state index contributed by atoms with van der Waals surface area (Å²) in [6.07, 6.45) is 2.37. The highest BCUT2D eigenvalue weighted by Crippen LogP contribution is 2.30. The third-order valence-electron chi connectivity index (χ3n) is 4.81. The predicted octanol–water partition coefficient (Wildman–Crippen LogP) is 2.13. The molecule has 22 heavy (non-hydrogen) atoms. The average Bonchev–Trinajstić information content (AvgIpc) is 3.03. The van der Waals surface area contributed by atoms with Gasteiger partial charge in [0.1, 0.15) is 5.69 Å². The number of ether oxygens (including phenoxy) is 1. The van der Waals surface area contributed by atoms with Crippen LogP contribution in [0.25, 0.3) is 10.1 Å². The molecule has 6 heteroatoms. The molecule has 1 amide bonds. The molecule has 5 heterocycles. The van der Waals surface area contributed by atoms with Gasteiger partial charge in [-0.2, -0.15) is 0 Å². The number of piperidine rings is 3. The van der Waals surface area contributed by atoms with Crippen LogP contribution in [0.2, 0.25) is 0 Å². The van der Waals surface area contributed by atoms with Crippen LogP contribution >= 0.6 is 11.3 Å². The van der Waals surface area contributed by atoms with Crippen molar-refractivity contribution in [3.05, 3.63) is 23.2 Å². The highest BCUT2D eigenvalue weighted by Gasteiger charge is 2.35. The Morgan fingerprint density at radius 3 is 2.95 bits per heavy atom. The van der Waals surface area contributed by atoms with Gasteiger partial charge in [0.05, 0.1) is 12.5 Å². The number of carbonyl (C=O) groups excluding carboxylic acids is 1. The predicted molar refractivity (Wildman–Crippen MR) is 86.6 cm³/mol. The van der Waals surface area contributed by atoms with E-state index in [1.54, 1.807) is 18.4 Å². The van der Waals surface area contributed by atoms with E-state index in [9.17, 15) is 4.79 Å². The molecular weight excluding hydrogens is 298 g/mol. The zero-order chi connectivity index (χ0) is 15.1. The van der Waals surface area contributed by atoms with Gasteiger partial charge in [-0.15, -0.1) is 11.3 Å². The number of hydrogen-bond donors (Lipinski definition) is 1. The molecule has 0 aliphatic carbocycles. The Morgan fingerprint density at radius 1 is 1.45 bits per heavy atom. The summed E-state index contributed by atoms with van der Waals surface area (Å²) in [5, 5.41) is 6.14. The second-order valence-electron chi connectivity index (χ2n) is 6.07. The van der Waals surface area contributed by atoms with Gasteiger partial charge in [-0.25, -0.2) is 4.98 Å². The third-order valence-corrected chi connectivity index (χ3v) is 5.68. The van der Waals surface area contributed by atoms with Crippen molar-refractivity contribution in [3.63, 3.8) is 0 Å². The molecule has 5 nitrogen and oxygen atoms in total. The van der Waals surface area contributed by atoms with E-state index in [2.05, 4.69) is 15.2 Å². The lowest BCUT2D eigenvalue weighted by Gasteiger charge is -2.44. The van der Waals surface area contributed by atoms with Crippen LogP contribution in [0.5, 0.6) is 5.88 Å². The molecule has 5 rings (SSSR count). The summed E-state index contributed by atoms with van der Waals surface area (Å²) in [4.78, 5) is 19.4. The van der Waals surface area contributed by atoms with Crippen molar-refractivity contribution in [1.29, 1.82) is 0 Å². The largest absolute Gasteiger partial charge is 0.481 e. The lowest BCUT2D eigenvalue weighted by molar-refractivity contribution is 0.0617. The maximum Gasteiger partial charge on any atom is 0.270 e. The summed E-state index contributed by atoms with van der Waals surface area (Å²) in [5.74, 6) is 1.05. The Bertz CT molecular complexity index is 706. The number of pyridine rings is 1. The van der Waals surface area contributed by atoms with Crippen LogP contribution in [0.3, 0.4) is 0 Å². The summed E-state index contributed by atoms with van der Waals surface area (Å²) in [5.41, 5.74) is 0.447. The van der Waals surface area contributed by atoms with Crippen molar-refractivity contribution >= 4 is 27.3 Å². The van der Waals surface area contributed by atoms with E-state index in [0.717, 1.165) is 16.6 Å². The minimum Gasteiger partial charge on any atom is -0.481 e. The van der Waals surface area contributed by atoms with Crippen molar-refractivity contribution in [3.8, 4) is 5.88 Å². The molecule has 1 atom stereocenters. The maximum atomic E-state index is 12.6. The minimum absolute atomic E-state index is 0.0904. The van der Waals surface area contributed by atoms with Gasteiger partial charge >= 0.3 is 0 Å². The van der Waals surface area contributed by atoms with E-state index in [4.69, 9.17) is 4.74 Å². The van der Waals surface area contributed by atoms with E-state index >= 15 is 0 Å². The highest BCUT2D eigenvalue weighted by atomic mass is 32.1. The Morgan fingerprint density at radius 2 is 2.27 bits per heavy atom. The van der Waals surface area contributed by atoms with Crippen LogP contribution in [0, 0.1) is 5.92 Å². The zero-order valence-corrected chi connectivity index (χ0v) is 13.4. The molecule has 0 spiro atoms. The summed E-state index contributed by atoms with van der Waals surface area (Å²) in [6, 6.07) is 4.09. The SMILES string of the molecule is COc1nc(C(=O)NC2CN3CCC2CC3)cc2sccc12. The number of carbonyl (C=O) groups is 1. The highest BCUT2D eigenvalue weighted by molar-refractivity contribution is 7.17. The summed E-state index contributed by atoms with van der Waals surface area (Å²) < 4.78 is 6.36. The quantitative estimate of drug-likeness (QED) is 0.942. The molecule has 116 valence electrons. The Hall–Kier alpha value is -1.66. The molecule has 0 radical (unpaired) electrons. The fourth-order valence-electron chi connectivity index (χ4n) is 3.58. The first-order valence-corrected chi connectivity index (χ1v) is 8.58. The maximum absolute atomic E-state index is 12.6. The summed E-state index contributed by atoms with van der Waals surface area (Å²) >= 11 is 1.60. The monoisotopic (exact) mass is 317 g/mol. The second kappa shape index (κ2) is 5.52. The molecule has 2 bridgehead atoms. The standard InChI is InChI=1S/C16H19N3O2S/c1-21-16-11-4-7-22-14(11)8-12(18-16)15(20)17-13-9-19-5-2-10(13)3-6-19/h4,7-8,10,13H,2-3,5-6,9H2,1H3,(H,17,20). The fraction of sp³-hybridized carbons (Fsp3) is 0.500. The van der Waals surface area contributed by atoms with Gasteiger partial charge in [0.25, 0.3) is 5.91 Å². The molecule has 0 aromatic carbocycles. The van der Waals surface area contributed by atoms with E-state index in [1.807, 2.05) is 17.5 Å². The van der Waals surface area contributed by atoms with Gasteiger partial charge in [0.2, 0.25) is 5.88 Å². The van der Waals surface area contributed by atoms with Gasteiger partial charge in [-0.1, -0.05) is 0 Å². The number of aromatic nitrogens is 1. The van der Waals surface area contributed by atoms with Gasteiger partial charge in [-0.05, 0) is 49.4 Å². The zero-order valence-electron chi connectivity index (χ0n) is 12.5. The van der Waals surface area contributed by atoms with Gasteiger partial charge in [0.15, 0.2) is 0 Å². The van der Waals surface area contributed by atoms with Crippen LogP contribution in [0.1, 0.15) is 23.3 Å². The lowest BCUT2D eigenvalue weighted by Crippen LogP contribution is -2.57. The third kappa shape index (κ3) is 2.36. The van der Waals surface area contributed by atoms with E-state index in [1.165, 1.54) is 25.9 Å². The van der Waals surface area contributed by atoms with Crippen molar-refractivity contribution in [2.24, 2.45) is 5.92 Å². The first-order valence-electron chi connectivity index (χ1n) is 7.70. The molecule has 1 N–H and O–H groups in total. The fourth-order valence-corrected chi connectivity index (χ4v) is 4.39. The first-order chi connectivity index (χ1) is 10.7. The van der Waals surface area contributed by atoms with E-state index in [0.29, 0.717) is 17.5 Å². The molecule has 3 saturated heterocycles. The van der Waals surface area contributed by atoms with Crippen molar-refractivity contribution < 1.29 is 9.53 Å². The van der Waals surface area contributed by atoms with Gasteiger partial charge in [0, 0.05) is 17.3 Å². The molecule has 0 saturated carbocycles. The smallest absolute Gasteiger partial charge is 0.270 e. The summed E-state index contributed by atoms with van der Waals surface area (Å²) in [6.45, 7) is 3.31. The van der Waals surface area contributed by atoms with Gasteiger partial charge < -0.3 is 15.0 Å². The second-order valence-corrected chi connectivity index (χ2v) is 7.01.